The van der Waals surface area contributed by atoms with Gasteiger partial charge in [0.1, 0.15) is 0 Å². The molecule has 1 aliphatic rings. The van der Waals surface area contributed by atoms with Gasteiger partial charge in [-0.3, -0.25) is 0 Å². The first kappa shape index (κ1) is 13.8. The molecule has 0 atom stereocenters. The summed E-state index contributed by atoms with van der Waals surface area (Å²) in [6.07, 6.45) is 1.22. The third kappa shape index (κ3) is 4.54. The highest BCUT2D eigenvalue weighted by molar-refractivity contribution is 8.00. The molecule has 18 heavy (non-hydrogen) atoms. The maximum absolute atomic E-state index is 3.47. The maximum Gasteiger partial charge on any atom is 0.0340 e. The van der Waals surface area contributed by atoms with Crippen molar-refractivity contribution in [1.82, 2.24) is 4.90 Å². The van der Waals surface area contributed by atoms with Crippen molar-refractivity contribution in [3.63, 3.8) is 0 Å². The molecule has 0 spiro atoms. The second kappa shape index (κ2) is 6.48. The SMILES string of the molecule is CC1(C)CN(CCCNc2ccccc2)CCS1. The monoisotopic (exact) mass is 264 g/mol. The number of para-hydroxylation sites is 1. The fourth-order valence-corrected chi connectivity index (χ4v) is 3.57. The van der Waals surface area contributed by atoms with Crippen molar-refractivity contribution in [2.75, 3.05) is 37.2 Å². The zero-order valence-corrected chi connectivity index (χ0v) is 12.3. The van der Waals surface area contributed by atoms with E-state index in [-0.39, 0.29) is 0 Å². The number of hydrogen-bond acceptors (Lipinski definition) is 3. The van der Waals surface area contributed by atoms with Crippen LogP contribution in [-0.2, 0) is 0 Å². The molecule has 1 aliphatic heterocycles. The van der Waals surface area contributed by atoms with Crippen LogP contribution in [0, 0.1) is 0 Å². The summed E-state index contributed by atoms with van der Waals surface area (Å²) in [5.41, 5.74) is 1.23. The van der Waals surface area contributed by atoms with E-state index in [0.29, 0.717) is 4.75 Å². The highest BCUT2D eigenvalue weighted by Crippen LogP contribution is 2.29. The summed E-state index contributed by atoms with van der Waals surface area (Å²) in [5, 5.41) is 3.47. The molecule has 1 aromatic rings. The van der Waals surface area contributed by atoms with Crippen LogP contribution in [0.25, 0.3) is 0 Å². The fraction of sp³-hybridized carbons (Fsp3) is 0.600. The molecule has 1 saturated heterocycles. The van der Waals surface area contributed by atoms with Crippen LogP contribution in [-0.4, -0.2) is 41.6 Å². The molecule has 100 valence electrons. The molecular formula is C15H24N2S. The van der Waals surface area contributed by atoms with Crippen LogP contribution in [0.5, 0.6) is 0 Å². The first-order chi connectivity index (χ1) is 8.66. The minimum absolute atomic E-state index is 0.436. The second-order valence-electron chi connectivity index (χ2n) is 5.53. The van der Waals surface area contributed by atoms with E-state index >= 15 is 0 Å². The van der Waals surface area contributed by atoms with E-state index in [1.54, 1.807) is 0 Å². The van der Waals surface area contributed by atoms with E-state index in [9.17, 15) is 0 Å². The number of nitrogens with zero attached hydrogens (tertiary/aromatic N) is 1. The molecule has 0 aromatic heterocycles. The number of benzene rings is 1. The Morgan fingerprint density at radius 2 is 2.06 bits per heavy atom. The lowest BCUT2D eigenvalue weighted by atomic mass is 10.2. The number of hydrogen-bond donors (Lipinski definition) is 1. The van der Waals surface area contributed by atoms with Crippen molar-refractivity contribution in [1.29, 1.82) is 0 Å². The van der Waals surface area contributed by atoms with Crippen molar-refractivity contribution in [2.45, 2.75) is 25.0 Å². The van der Waals surface area contributed by atoms with Gasteiger partial charge in [-0.05, 0) is 38.9 Å². The Labute approximate surface area is 115 Å². The Hall–Kier alpha value is -0.670. The van der Waals surface area contributed by atoms with Crippen LogP contribution in [0.2, 0.25) is 0 Å². The van der Waals surface area contributed by atoms with Gasteiger partial charge in [0.15, 0.2) is 0 Å². The number of nitrogens with one attached hydrogen (secondary N) is 1. The predicted molar refractivity (Wildman–Crippen MR) is 82.5 cm³/mol. The summed E-state index contributed by atoms with van der Waals surface area (Å²) in [5.74, 6) is 1.28. The summed E-state index contributed by atoms with van der Waals surface area (Å²) in [4.78, 5) is 2.60. The normalized spacial score (nSPS) is 19.7. The lowest BCUT2D eigenvalue weighted by Gasteiger charge is -2.37. The first-order valence-corrected chi connectivity index (χ1v) is 7.79. The molecule has 1 heterocycles. The highest BCUT2D eigenvalue weighted by Gasteiger charge is 2.26. The van der Waals surface area contributed by atoms with E-state index in [1.165, 1.54) is 37.5 Å². The van der Waals surface area contributed by atoms with Gasteiger partial charge in [-0.1, -0.05) is 18.2 Å². The molecule has 2 nitrogen and oxygen atoms in total. The minimum Gasteiger partial charge on any atom is -0.385 e. The molecule has 0 radical (unpaired) electrons. The van der Waals surface area contributed by atoms with E-state index in [0.717, 1.165) is 6.54 Å². The van der Waals surface area contributed by atoms with Gasteiger partial charge in [-0.2, -0.15) is 11.8 Å². The number of rotatable bonds is 5. The topological polar surface area (TPSA) is 15.3 Å². The van der Waals surface area contributed by atoms with Crippen molar-refractivity contribution in [3.8, 4) is 0 Å². The molecule has 0 saturated carbocycles. The molecular weight excluding hydrogens is 240 g/mol. The predicted octanol–water partition coefficient (Wildman–Crippen LogP) is 3.32. The Morgan fingerprint density at radius 1 is 1.28 bits per heavy atom. The van der Waals surface area contributed by atoms with E-state index < -0.39 is 0 Å². The third-order valence-electron chi connectivity index (χ3n) is 3.26. The maximum atomic E-state index is 3.47. The van der Waals surface area contributed by atoms with Crippen LogP contribution in [0.15, 0.2) is 30.3 Å². The molecule has 0 unspecified atom stereocenters. The molecule has 2 rings (SSSR count). The lowest BCUT2D eigenvalue weighted by Crippen LogP contribution is -2.43. The van der Waals surface area contributed by atoms with Gasteiger partial charge in [0.25, 0.3) is 0 Å². The zero-order chi connectivity index (χ0) is 12.8. The summed E-state index contributed by atoms with van der Waals surface area (Å²) in [7, 11) is 0. The highest BCUT2D eigenvalue weighted by atomic mass is 32.2. The molecule has 0 bridgehead atoms. The second-order valence-corrected chi connectivity index (χ2v) is 7.33. The number of thioether (sulfide) groups is 1. The van der Waals surface area contributed by atoms with Crippen molar-refractivity contribution in [3.05, 3.63) is 30.3 Å². The standard InChI is InChI=1S/C15H24N2S/c1-15(2)13-17(11-12-18-15)10-6-9-16-14-7-4-3-5-8-14/h3-5,7-8,16H,6,9-13H2,1-2H3. The largest absolute Gasteiger partial charge is 0.385 e. The Balaban J connectivity index is 1.64. The molecule has 1 aromatic carbocycles. The van der Waals surface area contributed by atoms with Crippen LogP contribution in [0.3, 0.4) is 0 Å². The smallest absolute Gasteiger partial charge is 0.0340 e. The van der Waals surface area contributed by atoms with Crippen LogP contribution < -0.4 is 5.32 Å². The third-order valence-corrected chi connectivity index (χ3v) is 4.56. The molecule has 0 amide bonds. The van der Waals surface area contributed by atoms with Gasteiger partial charge in [0.05, 0.1) is 0 Å². The Morgan fingerprint density at radius 3 is 2.78 bits per heavy atom. The Bertz CT molecular complexity index is 351. The van der Waals surface area contributed by atoms with Gasteiger partial charge in [-0.25, -0.2) is 0 Å². The van der Waals surface area contributed by atoms with E-state index in [2.05, 4.69) is 66.2 Å². The minimum atomic E-state index is 0.436. The molecule has 3 heteroatoms. The summed E-state index contributed by atoms with van der Waals surface area (Å²) < 4.78 is 0.436. The van der Waals surface area contributed by atoms with Gasteiger partial charge in [0, 0.05) is 35.8 Å². The van der Waals surface area contributed by atoms with Gasteiger partial charge < -0.3 is 10.2 Å². The lowest BCUT2D eigenvalue weighted by molar-refractivity contribution is 0.260. The van der Waals surface area contributed by atoms with Crippen molar-refractivity contribution >= 4 is 17.4 Å². The first-order valence-electron chi connectivity index (χ1n) is 6.81. The molecule has 1 N–H and O–H groups in total. The van der Waals surface area contributed by atoms with E-state index in [1.807, 2.05) is 0 Å². The van der Waals surface area contributed by atoms with Gasteiger partial charge in [0.2, 0.25) is 0 Å². The fourth-order valence-electron chi connectivity index (χ4n) is 2.40. The van der Waals surface area contributed by atoms with Crippen molar-refractivity contribution < 1.29 is 0 Å². The summed E-state index contributed by atoms with van der Waals surface area (Å²) >= 11 is 2.10. The Kier molecular flexibility index (Phi) is 4.95. The van der Waals surface area contributed by atoms with Gasteiger partial charge in [-0.15, -0.1) is 0 Å². The molecule has 1 fully saturated rings. The molecule has 0 aliphatic carbocycles. The summed E-state index contributed by atoms with van der Waals surface area (Å²) in [6.45, 7) is 9.46. The van der Waals surface area contributed by atoms with Crippen molar-refractivity contribution in [2.24, 2.45) is 0 Å². The zero-order valence-electron chi connectivity index (χ0n) is 11.5. The van der Waals surface area contributed by atoms with Crippen LogP contribution in [0.1, 0.15) is 20.3 Å². The average Bonchev–Trinajstić information content (AvgIpc) is 2.35. The van der Waals surface area contributed by atoms with Crippen LogP contribution >= 0.6 is 11.8 Å². The number of anilines is 1. The van der Waals surface area contributed by atoms with Crippen LogP contribution in [0.4, 0.5) is 5.69 Å². The summed E-state index contributed by atoms with van der Waals surface area (Å²) in [6, 6.07) is 10.5. The quantitative estimate of drug-likeness (QED) is 0.821. The van der Waals surface area contributed by atoms with Gasteiger partial charge >= 0.3 is 0 Å². The van der Waals surface area contributed by atoms with E-state index in [4.69, 9.17) is 0 Å². The average molecular weight is 264 g/mol.